The fourth-order valence-electron chi connectivity index (χ4n) is 2.52. The highest BCUT2D eigenvalue weighted by molar-refractivity contribution is 5.17. The summed E-state index contributed by atoms with van der Waals surface area (Å²) in [7, 11) is 0. The third-order valence-corrected chi connectivity index (χ3v) is 4.05. The Bertz CT molecular complexity index is 475. The molecule has 1 aromatic carbocycles. The average molecular weight is 276 g/mol. The van der Waals surface area contributed by atoms with Gasteiger partial charge in [-0.25, -0.2) is 0 Å². The van der Waals surface area contributed by atoms with Crippen LogP contribution in [0.5, 0.6) is 0 Å². The van der Waals surface area contributed by atoms with Gasteiger partial charge in [-0.15, -0.1) is 6.58 Å². The number of aliphatic hydroxyl groups is 1. The molecule has 4 heteroatoms. The number of epoxide rings is 1. The van der Waals surface area contributed by atoms with E-state index in [2.05, 4.69) is 6.58 Å². The standard InChI is InChI=1S/C16H20O4/c1-3-16(2)14(20-16)9-13-12(17)10-18-15(19-13)11-7-5-4-6-8-11/h3-8,12-15,17H,1,9-10H2,2H3/t12-,13+,14-,15-,16-/m1/s1. The quantitative estimate of drug-likeness (QED) is 0.676. The van der Waals surface area contributed by atoms with Crippen LogP contribution in [0, 0.1) is 0 Å². The van der Waals surface area contributed by atoms with Crippen LogP contribution in [-0.2, 0) is 14.2 Å². The first-order valence-electron chi connectivity index (χ1n) is 6.94. The molecule has 3 rings (SSSR count). The van der Waals surface area contributed by atoms with Crippen molar-refractivity contribution < 1.29 is 19.3 Å². The van der Waals surface area contributed by atoms with E-state index in [1.54, 1.807) is 6.08 Å². The van der Waals surface area contributed by atoms with Crippen LogP contribution in [0.25, 0.3) is 0 Å². The number of ether oxygens (including phenoxy) is 3. The predicted molar refractivity (Wildman–Crippen MR) is 74.1 cm³/mol. The molecule has 2 fully saturated rings. The van der Waals surface area contributed by atoms with E-state index < -0.39 is 12.4 Å². The SMILES string of the molecule is C=C[C@@]1(C)O[C@@H]1C[C@@H]1O[C@H](c2ccccc2)OC[C@H]1O. The zero-order valence-electron chi connectivity index (χ0n) is 11.6. The summed E-state index contributed by atoms with van der Waals surface area (Å²) in [5.41, 5.74) is 0.691. The number of benzene rings is 1. The Morgan fingerprint density at radius 2 is 2.15 bits per heavy atom. The predicted octanol–water partition coefficient (Wildman–Crippen LogP) is 2.20. The van der Waals surface area contributed by atoms with E-state index >= 15 is 0 Å². The fraction of sp³-hybridized carbons (Fsp3) is 0.500. The highest BCUT2D eigenvalue weighted by Gasteiger charge is 2.51. The van der Waals surface area contributed by atoms with E-state index in [4.69, 9.17) is 14.2 Å². The first-order valence-corrected chi connectivity index (χ1v) is 6.94. The van der Waals surface area contributed by atoms with Crippen LogP contribution in [0.3, 0.4) is 0 Å². The molecule has 1 N–H and O–H groups in total. The molecule has 0 aromatic heterocycles. The molecule has 2 saturated heterocycles. The van der Waals surface area contributed by atoms with E-state index in [9.17, 15) is 5.11 Å². The second-order valence-corrected chi connectivity index (χ2v) is 5.55. The Morgan fingerprint density at radius 3 is 2.80 bits per heavy atom. The molecule has 2 heterocycles. The van der Waals surface area contributed by atoms with E-state index in [0.29, 0.717) is 6.42 Å². The molecule has 108 valence electrons. The molecule has 0 unspecified atom stereocenters. The summed E-state index contributed by atoms with van der Waals surface area (Å²) in [6.45, 7) is 6.04. The van der Waals surface area contributed by atoms with Gasteiger partial charge in [0.1, 0.15) is 11.7 Å². The van der Waals surface area contributed by atoms with E-state index in [0.717, 1.165) is 5.56 Å². The Balaban J connectivity index is 1.64. The lowest BCUT2D eigenvalue weighted by Gasteiger charge is -2.34. The molecule has 4 nitrogen and oxygen atoms in total. The third kappa shape index (κ3) is 2.65. The van der Waals surface area contributed by atoms with Gasteiger partial charge in [-0.05, 0) is 6.92 Å². The first-order chi connectivity index (χ1) is 9.62. The highest BCUT2D eigenvalue weighted by Crippen LogP contribution is 2.42. The highest BCUT2D eigenvalue weighted by atomic mass is 16.7. The van der Waals surface area contributed by atoms with Crippen molar-refractivity contribution in [3.8, 4) is 0 Å². The first kappa shape index (κ1) is 13.8. The number of aliphatic hydroxyl groups excluding tert-OH is 1. The monoisotopic (exact) mass is 276 g/mol. The van der Waals surface area contributed by atoms with Crippen molar-refractivity contribution in [1.29, 1.82) is 0 Å². The van der Waals surface area contributed by atoms with Crippen molar-refractivity contribution in [3.63, 3.8) is 0 Å². The largest absolute Gasteiger partial charge is 0.388 e. The molecule has 1 aromatic rings. The van der Waals surface area contributed by atoms with Crippen LogP contribution in [-0.4, -0.2) is 35.6 Å². The summed E-state index contributed by atoms with van der Waals surface area (Å²) < 4.78 is 17.0. The summed E-state index contributed by atoms with van der Waals surface area (Å²) in [5.74, 6) is 0. The van der Waals surface area contributed by atoms with Crippen molar-refractivity contribution in [2.75, 3.05) is 6.61 Å². The molecule has 0 saturated carbocycles. The van der Waals surface area contributed by atoms with Crippen molar-refractivity contribution in [3.05, 3.63) is 48.6 Å². The topological polar surface area (TPSA) is 51.2 Å². The van der Waals surface area contributed by atoms with Crippen molar-refractivity contribution in [1.82, 2.24) is 0 Å². The summed E-state index contributed by atoms with van der Waals surface area (Å²) in [6.07, 6.45) is 1.20. The molecule has 2 aliphatic rings. The molecule has 20 heavy (non-hydrogen) atoms. The normalized spacial score (nSPS) is 40.3. The maximum atomic E-state index is 10.0. The van der Waals surface area contributed by atoms with Gasteiger partial charge in [-0.2, -0.15) is 0 Å². The van der Waals surface area contributed by atoms with Crippen LogP contribution in [0.4, 0.5) is 0 Å². The smallest absolute Gasteiger partial charge is 0.184 e. The second-order valence-electron chi connectivity index (χ2n) is 5.55. The van der Waals surface area contributed by atoms with Crippen LogP contribution < -0.4 is 0 Å². The van der Waals surface area contributed by atoms with Crippen molar-refractivity contribution in [2.45, 2.75) is 43.5 Å². The zero-order chi connectivity index (χ0) is 14.2. The molecule has 0 amide bonds. The molecule has 2 aliphatic heterocycles. The summed E-state index contributed by atoms with van der Waals surface area (Å²) in [4.78, 5) is 0. The van der Waals surface area contributed by atoms with Gasteiger partial charge >= 0.3 is 0 Å². The van der Waals surface area contributed by atoms with E-state index in [1.807, 2.05) is 37.3 Å². The molecule has 0 spiro atoms. The number of hydrogen-bond acceptors (Lipinski definition) is 4. The molecule has 0 bridgehead atoms. The molecular weight excluding hydrogens is 256 g/mol. The lowest BCUT2D eigenvalue weighted by Crippen LogP contribution is -2.41. The van der Waals surface area contributed by atoms with Crippen LogP contribution in [0.2, 0.25) is 0 Å². The fourth-order valence-corrected chi connectivity index (χ4v) is 2.52. The number of rotatable bonds is 4. The molecular formula is C16H20O4. The Morgan fingerprint density at radius 1 is 1.40 bits per heavy atom. The van der Waals surface area contributed by atoms with Gasteiger partial charge in [0.15, 0.2) is 6.29 Å². The lowest BCUT2D eigenvalue weighted by molar-refractivity contribution is -0.258. The van der Waals surface area contributed by atoms with Gasteiger partial charge in [0.05, 0.1) is 18.8 Å². The van der Waals surface area contributed by atoms with Gasteiger partial charge in [0, 0.05) is 12.0 Å². The van der Waals surface area contributed by atoms with Gasteiger partial charge in [-0.1, -0.05) is 36.4 Å². The Labute approximate surface area is 119 Å². The van der Waals surface area contributed by atoms with E-state index in [-0.39, 0.29) is 24.4 Å². The summed E-state index contributed by atoms with van der Waals surface area (Å²) in [5, 5.41) is 10.0. The summed E-state index contributed by atoms with van der Waals surface area (Å²) >= 11 is 0. The minimum absolute atomic E-state index is 0.0640. The molecule has 0 aliphatic carbocycles. The van der Waals surface area contributed by atoms with Crippen molar-refractivity contribution in [2.24, 2.45) is 0 Å². The maximum absolute atomic E-state index is 10.0. The average Bonchev–Trinajstić information content (AvgIpc) is 3.13. The Hall–Kier alpha value is -1.20. The molecule has 5 atom stereocenters. The third-order valence-electron chi connectivity index (χ3n) is 4.05. The number of hydrogen-bond donors (Lipinski definition) is 1. The summed E-state index contributed by atoms with van der Waals surface area (Å²) in [6, 6.07) is 9.76. The van der Waals surface area contributed by atoms with Crippen LogP contribution in [0.1, 0.15) is 25.2 Å². The van der Waals surface area contributed by atoms with E-state index in [1.165, 1.54) is 0 Å². The maximum Gasteiger partial charge on any atom is 0.184 e. The Kier molecular flexibility index (Phi) is 3.65. The van der Waals surface area contributed by atoms with Gasteiger partial charge in [0.2, 0.25) is 0 Å². The molecule has 0 radical (unpaired) electrons. The van der Waals surface area contributed by atoms with Crippen LogP contribution in [0.15, 0.2) is 43.0 Å². The van der Waals surface area contributed by atoms with Crippen LogP contribution >= 0.6 is 0 Å². The minimum Gasteiger partial charge on any atom is -0.388 e. The lowest BCUT2D eigenvalue weighted by atomic mass is 10.00. The van der Waals surface area contributed by atoms with Gasteiger partial charge in [0.25, 0.3) is 0 Å². The van der Waals surface area contributed by atoms with Gasteiger partial charge in [-0.3, -0.25) is 0 Å². The van der Waals surface area contributed by atoms with Gasteiger partial charge < -0.3 is 19.3 Å². The second kappa shape index (κ2) is 5.30. The minimum atomic E-state index is -0.617. The zero-order valence-corrected chi connectivity index (χ0v) is 11.6. The van der Waals surface area contributed by atoms with Crippen molar-refractivity contribution >= 4 is 0 Å².